The van der Waals surface area contributed by atoms with Crippen LogP contribution in [0.5, 0.6) is 11.8 Å². The first kappa shape index (κ1) is 11.2. The second-order valence-electron chi connectivity index (χ2n) is 3.21. The predicted octanol–water partition coefficient (Wildman–Crippen LogP) is 0.829. The van der Waals surface area contributed by atoms with Gasteiger partial charge in [-0.3, -0.25) is 5.10 Å². The number of aromatic nitrogens is 4. The van der Waals surface area contributed by atoms with Gasteiger partial charge in [0.05, 0.1) is 32.5 Å². The molecule has 0 spiro atoms. The molecule has 0 aliphatic rings. The molecular formula is C10H13N5O2. The number of hydrogen-bond donors (Lipinski definition) is 2. The average molecular weight is 235 g/mol. The van der Waals surface area contributed by atoms with E-state index in [1.54, 1.807) is 26.5 Å². The number of H-pyrrole nitrogens is 1. The van der Waals surface area contributed by atoms with E-state index in [1.807, 2.05) is 6.07 Å². The number of aromatic amines is 1. The zero-order valence-corrected chi connectivity index (χ0v) is 9.60. The van der Waals surface area contributed by atoms with Crippen LogP contribution in [0.2, 0.25) is 0 Å². The third-order valence-electron chi connectivity index (χ3n) is 2.09. The summed E-state index contributed by atoms with van der Waals surface area (Å²) in [5, 5.41) is 9.72. The van der Waals surface area contributed by atoms with Crippen molar-refractivity contribution in [3.63, 3.8) is 0 Å². The molecule has 0 atom stereocenters. The fourth-order valence-electron chi connectivity index (χ4n) is 1.25. The van der Waals surface area contributed by atoms with E-state index in [1.165, 1.54) is 0 Å². The molecular weight excluding hydrogens is 222 g/mol. The number of nitrogens with one attached hydrogen (secondary N) is 2. The molecule has 7 heteroatoms. The van der Waals surface area contributed by atoms with Crippen LogP contribution in [0.3, 0.4) is 0 Å². The molecule has 0 saturated heterocycles. The van der Waals surface area contributed by atoms with Gasteiger partial charge in [-0.25, -0.2) is 0 Å². The molecule has 0 aromatic carbocycles. The third kappa shape index (κ3) is 2.83. The minimum atomic E-state index is 0.441. The number of rotatable bonds is 5. The first-order chi connectivity index (χ1) is 8.31. The Labute approximate surface area is 98.2 Å². The largest absolute Gasteiger partial charge is 0.481 e. The first-order valence-electron chi connectivity index (χ1n) is 5.01. The Balaban J connectivity index is 2.09. The van der Waals surface area contributed by atoms with Crippen LogP contribution in [-0.2, 0) is 6.54 Å². The standard InChI is InChI=1S/C10H13N5O2/c1-16-8-5-9(17-2)14-10(13-8)11-6-7-3-4-12-15-7/h3-5H,6H2,1-2H3,(H,12,15)(H,11,13,14). The highest BCUT2D eigenvalue weighted by Crippen LogP contribution is 2.17. The van der Waals surface area contributed by atoms with E-state index < -0.39 is 0 Å². The fourth-order valence-corrected chi connectivity index (χ4v) is 1.25. The average Bonchev–Trinajstić information content (AvgIpc) is 2.89. The molecule has 0 aliphatic carbocycles. The second kappa shape index (κ2) is 5.15. The molecule has 0 aliphatic heterocycles. The number of hydrogen-bond acceptors (Lipinski definition) is 6. The summed E-state index contributed by atoms with van der Waals surface area (Å²) < 4.78 is 10.1. The van der Waals surface area contributed by atoms with Gasteiger partial charge < -0.3 is 14.8 Å². The van der Waals surface area contributed by atoms with Crippen molar-refractivity contribution in [3.8, 4) is 11.8 Å². The van der Waals surface area contributed by atoms with E-state index in [0.717, 1.165) is 5.69 Å². The van der Waals surface area contributed by atoms with Crippen molar-refractivity contribution in [3.05, 3.63) is 24.0 Å². The highest BCUT2D eigenvalue weighted by Gasteiger charge is 2.05. The van der Waals surface area contributed by atoms with Crippen molar-refractivity contribution >= 4 is 5.95 Å². The molecule has 2 N–H and O–H groups in total. The van der Waals surface area contributed by atoms with E-state index in [0.29, 0.717) is 24.3 Å². The SMILES string of the molecule is COc1cc(OC)nc(NCc2ccn[nH]2)n1. The van der Waals surface area contributed by atoms with Crippen molar-refractivity contribution < 1.29 is 9.47 Å². The molecule has 17 heavy (non-hydrogen) atoms. The maximum absolute atomic E-state index is 5.04. The van der Waals surface area contributed by atoms with Crippen molar-refractivity contribution in [2.24, 2.45) is 0 Å². The van der Waals surface area contributed by atoms with Crippen LogP contribution >= 0.6 is 0 Å². The normalized spacial score (nSPS) is 10.0. The van der Waals surface area contributed by atoms with Gasteiger partial charge in [-0.15, -0.1) is 0 Å². The summed E-state index contributed by atoms with van der Waals surface area (Å²) in [4.78, 5) is 8.28. The van der Waals surface area contributed by atoms with Crippen molar-refractivity contribution in [1.82, 2.24) is 20.2 Å². The van der Waals surface area contributed by atoms with E-state index in [4.69, 9.17) is 9.47 Å². The quantitative estimate of drug-likeness (QED) is 0.798. The van der Waals surface area contributed by atoms with Crippen molar-refractivity contribution in [1.29, 1.82) is 0 Å². The molecule has 7 nitrogen and oxygen atoms in total. The van der Waals surface area contributed by atoms with Gasteiger partial charge in [-0.05, 0) is 6.07 Å². The van der Waals surface area contributed by atoms with Crippen LogP contribution in [0.4, 0.5) is 5.95 Å². The first-order valence-corrected chi connectivity index (χ1v) is 5.01. The van der Waals surface area contributed by atoms with Gasteiger partial charge >= 0.3 is 0 Å². The van der Waals surface area contributed by atoms with E-state index in [9.17, 15) is 0 Å². The van der Waals surface area contributed by atoms with Gasteiger partial charge in [-0.2, -0.15) is 15.1 Å². The molecule has 0 bridgehead atoms. The maximum Gasteiger partial charge on any atom is 0.229 e. The molecule has 90 valence electrons. The highest BCUT2D eigenvalue weighted by atomic mass is 16.5. The Morgan fingerprint density at radius 2 is 1.94 bits per heavy atom. The monoisotopic (exact) mass is 235 g/mol. The Hall–Kier alpha value is -2.31. The lowest BCUT2D eigenvalue weighted by Gasteiger charge is -2.07. The Morgan fingerprint density at radius 3 is 2.47 bits per heavy atom. The highest BCUT2D eigenvalue weighted by molar-refractivity contribution is 5.33. The van der Waals surface area contributed by atoms with Gasteiger partial charge in [0.15, 0.2) is 0 Å². The smallest absolute Gasteiger partial charge is 0.229 e. The minimum Gasteiger partial charge on any atom is -0.481 e. The molecule has 2 heterocycles. The summed E-state index contributed by atoms with van der Waals surface area (Å²) in [5.74, 6) is 1.34. The van der Waals surface area contributed by atoms with Crippen molar-refractivity contribution in [2.45, 2.75) is 6.54 Å². The Morgan fingerprint density at radius 1 is 1.24 bits per heavy atom. The van der Waals surface area contributed by atoms with Gasteiger partial charge in [0, 0.05) is 6.20 Å². The van der Waals surface area contributed by atoms with Gasteiger partial charge in [0.1, 0.15) is 0 Å². The number of anilines is 1. The van der Waals surface area contributed by atoms with Crippen LogP contribution in [0.15, 0.2) is 18.3 Å². The van der Waals surface area contributed by atoms with Gasteiger partial charge in [-0.1, -0.05) is 0 Å². The molecule has 0 radical (unpaired) electrons. The van der Waals surface area contributed by atoms with Gasteiger partial charge in [0.25, 0.3) is 0 Å². The summed E-state index contributed by atoms with van der Waals surface area (Å²) in [6.45, 7) is 0.552. The third-order valence-corrected chi connectivity index (χ3v) is 2.09. The molecule has 0 unspecified atom stereocenters. The van der Waals surface area contributed by atoms with Crippen LogP contribution in [-0.4, -0.2) is 34.4 Å². The van der Waals surface area contributed by atoms with Crippen LogP contribution in [0.1, 0.15) is 5.69 Å². The van der Waals surface area contributed by atoms with Crippen LogP contribution in [0.25, 0.3) is 0 Å². The summed E-state index contributed by atoms with van der Waals surface area (Å²) >= 11 is 0. The van der Waals surface area contributed by atoms with E-state index in [2.05, 4.69) is 25.5 Å². The lowest BCUT2D eigenvalue weighted by atomic mass is 10.4. The number of nitrogens with zero attached hydrogens (tertiary/aromatic N) is 3. The lowest BCUT2D eigenvalue weighted by Crippen LogP contribution is -2.05. The summed E-state index contributed by atoms with van der Waals surface area (Å²) in [7, 11) is 3.08. The van der Waals surface area contributed by atoms with Crippen LogP contribution < -0.4 is 14.8 Å². The summed E-state index contributed by atoms with van der Waals surface area (Å²) in [5.41, 5.74) is 0.940. The topological polar surface area (TPSA) is 85.0 Å². The maximum atomic E-state index is 5.04. The summed E-state index contributed by atoms with van der Waals surface area (Å²) in [6.07, 6.45) is 1.68. The number of ether oxygens (including phenoxy) is 2. The molecule has 2 rings (SSSR count). The second-order valence-corrected chi connectivity index (χ2v) is 3.21. The zero-order chi connectivity index (χ0) is 12.1. The van der Waals surface area contributed by atoms with E-state index in [-0.39, 0.29) is 0 Å². The van der Waals surface area contributed by atoms with E-state index >= 15 is 0 Å². The number of methoxy groups -OCH3 is 2. The fraction of sp³-hybridized carbons (Fsp3) is 0.300. The predicted molar refractivity (Wildman–Crippen MR) is 61.1 cm³/mol. The molecule has 0 saturated carbocycles. The lowest BCUT2D eigenvalue weighted by molar-refractivity contribution is 0.373. The molecule has 0 fully saturated rings. The summed E-state index contributed by atoms with van der Waals surface area (Å²) in [6, 6.07) is 3.48. The molecule has 0 amide bonds. The van der Waals surface area contributed by atoms with Crippen molar-refractivity contribution in [2.75, 3.05) is 19.5 Å². The zero-order valence-electron chi connectivity index (χ0n) is 9.60. The minimum absolute atomic E-state index is 0.441. The van der Waals surface area contributed by atoms with Crippen LogP contribution in [0, 0.1) is 0 Å². The Kier molecular flexibility index (Phi) is 3.39. The Bertz CT molecular complexity index is 449. The molecule has 2 aromatic heterocycles. The molecule has 2 aromatic rings. The van der Waals surface area contributed by atoms with Gasteiger partial charge in [0.2, 0.25) is 17.7 Å².